The zero-order valence-corrected chi connectivity index (χ0v) is 22.1. The van der Waals surface area contributed by atoms with Crippen LogP contribution >= 0.6 is 0 Å². The highest BCUT2D eigenvalue weighted by molar-refractivity contribution is 7.92. The van der Waals surface area contributed by atoms with E-state index in [4.69, 9.17) is 9.47 Å². The van der Waals surface area contributed by atoms with Crippen molar-refractivity contribution < 1.29 is 27.6 Å². The molecule has 0 aliphatic heterocycles. The molecule has 0 radical (unpaired) electrons. The van der Waals surface area contributed by atoms with Crippen molar-refractivity contribution in [2.24, 2.45) is 5.10 Å². The number of hydrazone groups is 1. The Morgan fingerprint density at radius 2 is 1.71 bits per heavy atom. The average Bonchev–Trinajstić information content (AvgIpc) is 2.88. The Hall–Kier alpha value is -4.45. The minimum atomic E-state index is -4.37. The maximum Gasteiger partial charge on any atom is 0.273 e. The van der Waals surface area contributed by atoms with E-state index in [9.17, 15) is 23.3 Å². The highest BCUT2D eigenvalue weighted by atomic mass is 32.2. The number of benzene rings is 3. The molecule has 3 aromatic rings. The van der Waals surface area contributed by atoms with Crippen molar-refractivity contribution in [3.63, 3.8) is 0 Å². The predicted octanol–water partition coefficient (Wildman–Crippen LogP) is 4.04. The Kier molecular flexibility index (Phi) is 9.02. The van der Waals surface area contributed by atoms with Crippen LogP contribution in [0.3, 0.4) is 0 Å². The van der Waals surface area contributed by atoms with Gasteiger partial charge in [-0.1, -0.05) is 6.07 Å². The fourth-order valence-electron chi connectivity index (χ4n) is 3.39. The molecular weight excluding hydrogens is 512 g/mol. The molecule has 1 N–H and O–H groups in total. The van der Waals surface area contributed by atoms with E-state index in [0.29, 0.717) is 22.6 Å². The van der Waals surface area contributed by atoms with Crippen molar-refractivity contribution in [2.75, 3.05) is 18.0 Å². The number of nitro benzene ring substituents is 1. The van der Waals surface area contributed by atoms with E-state index < -0.39 is 27.4 Å². The lowest BCUT2D eigenvalue weighted by molar-refractivity contribution is -0.385. The molecule has 3 rings (SSSR count). The molecule has 0 saturated heterocycles. The van der Waals surface area contributed by atoms with Gasteiger partial charge < -0.3 is 9.47 Å². The van der Waals surface area contributed by atoms with Crippen LogP contribution in [0.4, 0.5) is 11.4 Å². The first-order valence-corrected chi connectivity index (χ1v) is 13.0. The highest BCUT2D eigenvalue weighted by Gasteiger charge is 2.29. The summed E-state index contributed by atoms with van der Waals surface area (Å²) < 4.78 is 38.7. The number of carbonyl (C=O) groups excluding carboxylic acids is 1. The summed E-state index contributed by atoms with van der Waals surface area (Å²) in [4.78, 5) is 23.1. The third-order valence-corrected chi connectivity index (χ3v) is 7.04. The van der Waals surface area contributed by atoms with Gasteiger partial charge in [0.1, 0.15) is 18.0 Å². The number of anilines is 1. The molecular formula is C26H28N4O7S. The molecule has 11 nitrogen and oxygen atoms in total. The van der Waals surface area contributed by atoms with Crippen LogP contribution < -0.4 is 19.2 Å². The summed E-state index contributed by atoms with van der Waals surface area (Å²) in [5.74, 6) is 0.454. The average molecular weight is 541 g/mol. The quantitative estimate of drug-likeness (QED) is 0.220. The summed E-state index contributed by atoms with van der Waals surface area (Å²) in [7, 11) is -2.91. The second-order valence-electron chi connectivity index (χ2n) is 8.44. The van der Waals surface area contributed by atoms with E-state index in [0.717, 1.165) is 10.4 Å². The summed E-state index contributed by atoms with van der Waals surface area (Å²) in [5, 5.41) is 15.3. The van der Waals surface area contributed by atoms with Crippen molar-refractivity contribution >= 4 is 33.5 Å². The first-order valence-electron chi connectivity index (χ1n) is 11.5. The largest absolute Gasteiger partial charge is 0.497 e. The second kappa shape index (κ2) is 12.2. The number of sulfonamides is 1. The number of carbonyl (C=O) groups is 1. The van der Waals surface area contributed by atoms with Crippen molar-refractivity contribution in [3.05, 3.63) is 88.0 Å². The maximum atomic E-state index is 13.6. The van der Waals surface area contributed by atoms with Gasteiger partial charge in [-0.15, -0.1) is 0 Å². The van der Waals surface area contributed by atoms with Gasteiger partial charge in [0.2, 0.25) is 0 Å². The predicted molar refractivity (Wildman–Crippen MR) is 143 cm³/mol. The van der Waals surface area contributed by atoms with Gasteiger partial charge in [0.25, 0.3) is 21.6 Å². The Balaban J connectivity index is 1.84. The van der Waals surface area contributed by atoms with Crippen molar-refractivity contribution in [1.82, 2.24) is 5.43 Å². The summed E-state index contributed by atoms with van der Waals surface area (Å²) in [6.07, 6.45) is 1.44. The Morgan fingerprint density at radius 1 is 1.08 bits per heavy atom. The van der Waals surface area contributed by atoms with Gasteiger partial charge in [0.15, 0.2) is 0 Å². The van der Waals surface area contributed by atoms with E-state index in [-0.39, 0.29) is 22.4 Å². The van der Waals surface area contributed by atoms with Gasteiger partial charge in [-0.3, -0.25) is 19.2 Å². The summed E-state index contributed by atoms with van der Waals surface area (Å²) in [6.45, 7) is 4.71. The number of methoxy groups -OCH3 is 1. The van der Waals surface area contributed by atoms with Gasteiger partial charge >= 0.3 is 0 Å². The highest BCUT2D eigenvalue weighted by Crippen LogP contribution is 2.29. The SMILES string of the molecule is COc1ccc(N(CC(=O)N/N=C\c2ccc(OC(C)C)cc2)S(=O)(=O)c2ccc(C)c([N+](=O)[O-])c2)cc1. The second-order valence-corrected chi connectivity index (χ2v) is 10.3. The van der Waals surface area contributed by atoms with Gasteiger partial charge in [0, 0.05) is 11.6 Å². The zero-order chi connectivity index (χ0) is 27.9. The maximum absolute atomic E-state index is 13.6. The molecule has 0 bridgehead atoms. The molecule has 0 unspecified atom stereocenters. The van der Waals surface area contributed by atoms with Crippen LogP contribution in [0.15, 0.2) is 76.7 Å². The number of nitrogens with one attached hydrogen (secondary N) is 1. The number of hydrogen-bond acceptors (Lipinski definition) is 8. The summed E-state index contributed by atoms with van der Waals surface area (Å²) in [6, 6.07) is 16.6. The van der Waals surface area contributed by atoms with Gasteiger partial charge in [0.05, 0.1) is 34.9 Å². The number of hydrogen-bond donors (Lipinski definition) is 1. The Morgan fingerprint density at radius 3 is 2.29 bits per heavy atom. The van der Waals surface area contributed by atoms with Crippen LogP contribution in [0, 0.1) is 17.0 Å². The van der Waals surface area contributed by atoms with Gasteiger partial charge in [-0.2, -0.15) is 5.10 Å². The minimum Gasteiger partial charge on any atom is -0.497 e. The number of ether oxygens (including phenoxy) is 2. The number of rotatable bonds is 11. The third kappa shape index (κ3) is 7.07. The lowest BCUT2D eigenvalue weighted by Gasteiger charge is -2.24. The topological polar surface area (TPSA) is 140 Å². The van der Waals surface area contributed by atoms with Crippen LogP contribution in [0.25, 0.3) is 0 Å². The van der Waals surface area contributed by atoms with Crippen molar-refractivity contribution in [2.45, 2.75) is 31.8 Å². The number of nitrogens with zero attached hydrogens (tertiary/aromatic N) is 3. The molecule has 3 aromatic carbocycles. The third-order valence-electron chi connectivity index (χ3n) is 5.27. The molecule has 38 heavy (non-hydrogen) atoms. The molecule has 0 heterocycles. The van der Waals surface area contributed by atoms with Crippen LogP contribution in [0.1, 0.15) is 25.0 Å². The minimum absolute atomic E-state index is 0.0322. The fourth-order valence-corrected chi connectivity index (χ4v) is 4.83. The van der Waals surface area contributed by atoms with E-state index in [2.05, 4.69) is 10.5 Å². The van der Waals surface area contributed by atoms with Crippen LogP contribution in [0.5, 0.6) is 11.5 Å². The van der Waals surface area contributed by atoms with E-state index in [1.54, 1.807) is 24.3 Å². The lowest BCUT2D eigenvalue weighted by atomic mass is 10.2. The molecule has 0 atom stereocenters. The van der Waals surface area contributed by atoms with Crippen LogP contribution in [-0.4, -0.2) is 45.2 Å². The summed E-state index contributed by atoms with van der Waals surface area (Å²) in [5.41, 5.74) is 3.13. The number of aryl methyl sites for hydroxylation is 1. The molecule has 0 saturated carbocycles. The standard InChI is InChI=1S/C26H28N4O7S/c1-18(2)37-23-10-6-20(7-11-23)16-27-28-26(31)17-29(21-8-12-22(36-4)13-9-21)38(34,35)24-14-5-19(3)25(15-24)30(32)33/h5-16,18H,17H2,1-4H3,(H,28,31)/b27-16-. The Bertz CT molecular complexity index is 1420. The molecule has 0 fully saturated rings. The molecule has 0 spiro atoms. The van der Waals surface area contributed by atoms with Crippen molar-refractivity contribution in [3.8, 4) is 11.5 Å². The fraction of sp³-hybridized carbons (Fsp3) is 0.231. The van der Waals surface area contributed by atoms with Gasteiger partial charge in [-0.05, 0) is 80.9 Å². The van der Waals surface area contributed by atoms with E-state index in [1.165, 1.54) is 56.6 Å². The monoisotopic (exact) mass is 540 g/mol. The molecule has 0 aromatic heterocycles. The van der Waals surface area contributed by atoms with Crippen LogP contribution in [0.2, 0.25) is 0 Å². The van der Waals surface area contributed by atoms with E-state index >= 15 is 0 Å². The molecule has 0 aliphatic rings. The van der Waals surface area contributed by atoms with Crippen LogP contribution in [-0.2, 0) is 14.8 Å². The molecule has 1 amide bonds. The normalized spacial score (nSPS) is 11.4. The lowest BCUT2D eigenvalue weighted by Crippen LogP contribution is -2.39. The number of amides is 1. The molecule has 200 valence electrons. The first-order chi connectivity index (χ1) is 18.0. The van der Waals surface area contributed by atoms with E-state index in [1.807, 2.05) is 13.8 Å². The molecule has 12 heteroatoms. The number of nitro groups is 1. The van der Waals surface area contributed by atoms with Crippen molar-refractivity contribution in [1.29, 1.82) is 0 Å². The van der Waals surface area contributed by atoms with Gasteiger partial charge in [-0.25, -0.2) is 13.8 Å². The summed E-state index contributed by atoms with van der Waals surface area (Å²) >= 11 is 0. The molecule has 0 aliphatic carbocycles. The first kappa shape index (κ1) is 28.1. The Labute approximate surface area is 220 Å². The smallest absolute Gasteiger partial charge is 0.273 e. The zero-order valence-electron chi connectivity index (χ0n) is 21.3.